The van der Waals surface area contributed by atoms with Crippen LogP contribution in [0.25, 0.3) is 0 Å². The second-order valence-electron chi connectivity index (χ2n) is 5.42. The first-order valence-corrected chi connectivity index (χ1v) is 9.90. The molecule has 0 saturated carbocycles. The molecule has 0 aliphatic carbocycles. The van der Waals surface area contributed by atoms with Crippen LogP contribution in [0.3, 0.4) is 0 Å². The summed E-state index contributed by atoms with van der Waals surface area (Å²) in [6, 6.07) is 8.49. The summed E-state index contributed by atoms with van der Waals surface area (Å²) in [4.78, 5) is -0.125. The van der Waals surface area contributed by atoms with Gasteiger partial charge in [0, 0.05) is 13.1 Å². The van der Waals surface area contributed by atoms with Crippen LogP contribution in [0.15, 0.2) is 41.3 Å². The lowest BCUT2D eigenvalue weighted by molar-refractivity contribution is 0.310. The molecule has 0 aromatic heterocycles. The SMILES string of the molecule is CCOc1ccc(CN(CC)S(=O)(=O)c2ccc(F)cc2Cl)cc1OC. The van der Waals surface area contributed by atoms with Gasteiger partial charge < -0.3 is 9.47 Å². The topological polar surface area (TPSA) is 55.8 Å². The Morgan fingerprint density at radius 1 is 1.12 bits per heavy atom. The molecule has 0 fully saturated rings. The smallest absolute Gasteiger partial charge is 0.244 e. The molecular formula is C18H21ClFNO4S. The van der Waals surface area contributed by atoms with Crippen LogP contribution in [0, 0.1) is 5.82 Å². The number of methoxy groups -OCH3 is 1. The summed E-state index contributed by atoms with van der Waals surface area (Å²) in [6.45, 7) is 4.43. The van der Waals surface area contributed by atoms with Crippen LogP contribution in [-0.4, -0.2) is 33.0 Å². The van der Waals surface area contributed by atoms with Gasteiger partial charge in [0.1, 0.15) is 10.7 Å². The number of nitrogens with zero attached hydrogens (tertiary/aromatic N) is 1. The summed E-state index contributed by atoms with van der Waals surface area (Å²) >= 11 is 5.94. The van der Waals surface area contributed by atoms with Gasteiger partial charge in [-0.2, -0.15) is 4.31 Å². The normalized spacial score (nSPS) is 11.6. The van der Waals surface area contributed by atoms with Crippen molar-refractivity contribution in [3.8, 4) is 11.5 Å². The zero-order valence-corrected chi connectivity index (χ0v) is 16.4. The predicted molar refractivity (Wildman–Crippen MR) is 98.8 cm³/mol. The summed E-state index contributed by atoms with van der Waals surface area (Å²) in [5.41, 5.74) is 0.731. The largest absolute Gasteiger partial charge is 0.493 e. The molecule has 0 spiro atoms. The van der Waals surface area contributed by atoms with Gasteiger partial charge in [0.15, 0.2) is 11.5 Å². The molecule has 0 bridgehead atoms. The van der Waals surface area contributed by atoms with E-state index in [-0.39, 0.29) is 23.0 Å². The van der Waals surface area contributed by atoms with Gasteiger partial charge in [-0.15, -0.1) is 0 Å². The van der Waals surface area contributed by atoms with E-state index in [9.17, 15) is 12.8 Å². The monoisotopic (exact) mass is 401 g/mol. The lowest BCUT2D eigenvalue weighted by Gasteiger charge is -2.22. The zero-order chi connectivity index (χ0) is 19.3. The molecule has 0 heterocycles. The van der Waals surface area contributed by atoms with Gasteiger partial charge in [-0.25, -0.2) is 12.8 Å². The van der Waals surface area contributed by atoms with E-state index in [1.807, 2.05) is 6.92 Å². The fourth-order valence-electron chi connectivity index (χ4n) is 2.48. The van der Waals surface area contributed by atoms with Gasteiger partial charge in [0.25, 0.3) is 0 Å². The molecule has 5 nitrogen and oxygen atoms in total. The summed E-state index contributed by atoms with van der Waals surface area (Å²) in [5.74, 6) is 0.525. The van der Waals surface area contributed by atoms with E-state index in [1.54, 1.807) is 25.1 Å². The number of hydrogen-bond acceptors (Lipinski definition) is 4. The maximum absolute atomic E-state index is 13.2. The minimum Gasteiger partial charge on any atom is -0.493 e. The molecule has 2 rings (SSSR count). The third kappa shape index (κ3) is 4.47. The fraction of sp³-hybridized carbons (Fsp3) is 0.333. The van der Waals surface area contributed by atoms with Crippen molar-refractivity contribution in [2.75, 3.05) is 20.3 Å². The molecule has 0 aliphatic rings. The Morgan fingerprint density at radius 3 is 2.42 bits per heavy atom. The molecule has 0 atom stereocenters. The van der Waals surface area contributed by atoms with Crippen molar-refractivity contribution in [2.24, 2.45) is 0 Å². The molecule has 2 aromatic carbocycles. The van der Waals surface area contributed by atoms with Crippen molar-refractivity contribution in [1.82, 2.24) is 4.31 Å². The van der Waals surface area contributed by atoms with Crippen molar-refractivity contribution in [3.63, 3.8) is 0 Å². The highest BCUT2D eigenvalue weighted by Crippen LogP contribution is 2.30. The van der Waals surface area contributed by atoms with Crippen LogP contribution in [0.1, 0.15) is 19.4 Å². The highest BCUT2D eigenvalue weighted by molar-refractivity contribution is 7.89. The molecule has 0 saturated heterocycles. The highest BCUT2D eigenvalue weighted by Gasteiger charge is 2.26. The van der Waals surface area contributed by atoms with Crippen molar-refractivity contribution in [2.45, 2.75) is 25.3 Å². The molecule has 26 heavy (non-hydrogen) atoms. The average Bonchev–Trinajstić information content (AvgIpc) is 2.60. The zero-order valence-electron chi connectivity index (χ0n) is 14.8. The Morgan fingerprint density at radius 2 is 1.85 bits per heavy atom. The predicted octanol–water partition coefficient (Wildman–Crippen LogP) is 4.10. The van der Waals surface area contributed by atoms with Crippen molar-refractivity contribution >= 4 is 21.6 Å². The van der Waals surface area contributed by atoms with E-state index in [1.165, 1.54) is 17.5 Å². The van der Waals surface area contributed by atoms with E-state index in [0.717, 1.165) is 17.7 Å². The number of rotatable bonds is 8. The van der Waals surface area contributed by atoms with Gasteiger partial charge in [-0.3, -0.25) is 0 Å². The first-order valence-electron chi connectivity index (χ1n) is 8.08. The van der Waals surface area contributed by atoms with Crippen molar-refractivity contribution < 1.29 is 22.3 Å². The summed E-state index contributed by atoms with van der Waals surface area (Å²) < 4.78 is 51.0. The summed E-state index contributed by atoms with van der Waals surface area (Å²) in [5, 5.41) is -0.146. The number of sulfonamides is 1. The minimum absolute atomic E-state index is 0.120. The minimum atomic E-state index is -3.87. The number of halogens is 2. The van der Waals surface area contributed by atoms with E-state index in [4.69, 9.17) is 21.1 Å². The van der Waals surface area contributed by atoms with E-state index >= 15 is 0 Å². The highest BCUT2D eigenvalue weighted by atomic mass is 35.5. The lowest BCUT2D eigenvalue weighted by atomic mass is 10.2. The second kappa shape index (κ2) is 8.70. The molecule has 2 aromatic rings. The Hall–Kier alpha value is -1.83. The molecule has 8 heteroatoms. The first kappa shape index (κ1) is 20.5. The van der Waals surface area contributed by atoms with Gasteiger partial charge in [-0.05, 0) is 42.8 Å². The molecule has 142 valence electrons. The Bertz CT molecular complexity index is 873. The van der Waals surface area contributed by atoms with E-state index in [0.29, 0.717) is 18.1 Å². The van der Waals surface area contributed by atoms with Gasteiger partial charge >= 0.3 is 0 Å². The number of ether oxygens (including phenoxy) is 2. The molecule has 0 aliphatic heterocycles. The van der Waals surface area contributed by atoms with Crippen LogP contribution in [-0.2, 0) is 16.6 Å². The number of benzene rings is 2. The van der Waals surface area contributed by atoms with Crippen molar-refractivity contribution in [3.05, 3.63) is 52.8 Å². The third-order valence-electron chi connectivity index (χ3n) is 3.75. The second-order valence-corrected chi connectivity index (χ2v) is 7.74. The molecule has 0 N–H and O–H groups in total. The third-order valence-corrected chi connectivity index (χ3v) is 6.15. The van der Waals surface area contributed by atoms with E-state index in [2.05, 4.69) is 0 Å². The van der Waals surface area contributed by atoms with Crippen LogP contribution in [0.5, 0.6) is 11.5 Å². The van der Waals surface area contributed by atoms with Crippen molar-refractivity contribution in [1.29, 1.82) is 0 Å². The summed E-state index contributed by atoms with van der Waals surface area (Å²) in [6.07, 6.45) is 0. The molecule has 0 radical (unpaired) electrons. The number of hydrogen-bond donors (Lipinski definition) is 0. The van der Waals surface area contributed by atoms with E-state index < -0.39 is 15.8 Å². The average molecular weight is 402 g/mol. The van der Waals surface area contributed by atoms with Gasteiger partial charge in [-0.1, -0.05) is 24.6 Å². The first-order chi connectivity index (χ1) is 12.3. The Kier molecular flexibility index (Phi) is 6.86. The molecular weight excluding hydrogens is 381 g/mol. The maximum Gasteiger partial charge on any atom is 0.244 e. The maximum atomic E-state index is 13.2. The van der Waals surface area contributed by atoms with Gasteiger partial charge in [0.2, 0.25) is 10.0 Å². The lowest BCUT2D eigenvalue weighted by Crippen LogP contribution is -2.30. The van der Waals surface area contributed by atoms with Crippen LogP contribution in [0.4, 0.5) is 4.39 Å². The Balaban J connectivity index is 2.34. The Labute approximate surface area is 158 Å². The quantitative estimate of drug-likeness (QED) is 0.668. The molecule has 0 unspecified atom stereocenters. The van der Waals surface area contributed by atoms with Crippen LogP contribution >= 0.6 is 11.6 Å². The standard InChI is InChI=1S/C18H21ClFNO4S/c1-4-21(26(22,23)18-9-7-14(20)11-15(18)19)12-13-6-8-16(25-5-2)17(10-13)24-3/h6-11H,4-5,12H2,1-3H3. The van der Waals surface area contributed by atoms with Crippen LogP contribution < -0.4 is 9.47 Å². The fourth-order valence-corrected chi connectivity index (χ4v) is 4.42. The summed E-state index contributed by atoms with van der Waals surface area (Å²) in [7, 11) is -2.35. The van der Waals surface area contributed by atoms with Crippen LogP contribution in [0.2, 0.25) is 5.02 Å². The van der Waals surface area contributed by atoms with Gasteiger partial charge in [0.05, 0.1) is 18.7 Å². The molecule has 0 amide bonds.